The molecule has 1 aromatic rings. The minimum Gasteiger partial charge on any atom is -0.490 e. The Bertz CT molecular complexity index is 321. The van der Waals surface area contributed by atoms with Gasteiger partial charge in [0.25, 0.3) is 0 Å². The Labute approximate surface area is 95.6 Å². The maximum absolute atomic E-state index is 5.86. The highest BCUT2D eigenvalue weighted by molar-refractivity contribution is 6.29. The van der Waals surface area contributed by atoms with Crippen LogP contribution in [0.1, 0.15) is 32.6 Å². The lowest BCUT2D eigenvalue weighted by Crippen LogP contribution is -2.22. The van der Waals surface area contributed by atoms with Crippen LogP contribution in [0, 0.1) is 5.92 Å². The van der Waals surface area contributed by atoms with Crippen molar-refractivity contribution in [3.8, 4) is 5.75 Å². The maximum Gasteiger partial charge on any atom is 0.132 e. The van der Waals surface area contributed by atoms with Crippen molar-refractivity contribution in [2.75, 3.05) is 0 Å². The van der Waals surface area contributed by atoms with Crippen molar-refractivity contribution >= 4 is 11.6 Å². The van der Waals surface area contributed by atoms with Crippen LogP contribution in [0.3, 0.4) is 0 Å². The molecule has 82 valence electrons. The SMILES string of the molecule is CC1CCC(Oc2ccnc(Cl)c2)CC1. The first kappa shape index (κ1) is 10.7. The van der Waals surface area contributed by atoms with Crippen LogP contribution in [0.4, 0.5) is 0 Å². The second-order valence-corrected chi connectivity index (χ2v) is 4.70. The maximum atomic E-state index is 5.86. The first-order valence-corrected chi connectivity index (χ1v) is 5.90. The summed E-state index contributed by atoms with van der Waals surface area (Å²) in [6.07, 6.45) is 6.89. The van der Waals surface area contributed by atoms with Crippen molar-refractivity contribution < 1.29 is 4.74 Å². The number of hydrogen-bond donors (Lipinski definition) is 0. The molecule has 1 aliphatic carbocycles. The molecular formula is C12H16ClNO. The summed E-state index contributed by atoms with van der Waals surface area (Å²) in [6.45, 7) is 2.31. The molecule has 0 radical (unpaired) electrons. The zero-order valence-electron chi connectivity index (χ0n) is 8.95. The van der Waals surface area contributed by atoms with E-state index in [9.17, 15) is 0 Å². The second-order valence-electron chi connectivity index (χ2n) is 4.31. The van der Waals surface area contributed by atoms with Crippen molar-refractivity contribution in [1.29, 1.82) is 0 Å². The lowest BCUT2D eigenvalue weighted by molar-refractivity contribution is 0.135. The van der Waals surface area contributed by atoms with Gasteiger partial charge in [-0.1, -0.05) is 18.5 Å². The molecule has 0 atom stereocenters. The Balaban J connectivity index is 1.92. The number of ether oxygens (including phenoxy) is 1. The predicted octanol–water partition coefficient (Wildman–Crippen LogP) is 3.69. The molecule has 1 aromatic heterocycles. The predicted molar refractivity (Wildman–Crippen MR) is 61.3 cm³/mol. The summed E-state index contributed by atoms with van der Waals surface area (Å²) in [4.78, 5) is 3.93. The molecule has 0 amide bonds. The quantitative estimate of drug-likeness (QED) is 0.717. The largest absolute Gasteiger partial charge is 0.490 e. The van der Waals surface area contributed by atoms with Crippen molar-refractivity contribution in [1.82, 2.24) is 4.98 Å². The summed E-state index contributed by atoms with van der Waals surface area (Å²) in [5.74, 6) is 1.69. The summed E-state index contributed by atoms with van der Waals surface area (Å²) in [7, 11) is 0. The smallest absolute Gasteiger partial charge is 0.132 e. The van der Waals surface area contributed by atoms with Crippen LogP contribution in [-0.4, -0.2) is 11.1 Å². The van der Waals surface area contributed by atoms with E-state index in [4.69, 9.17) is 16.3 Å². The molecule has 0 spiro atoms. The molecule has 0 N–H and O–H groups in total. The highest BCUT2D eigenvalue weighted by Crippen LogP contribution is 2.27. The van der Waals surface area contributed by atoms with E-state index in [1.54, 1.807) is 12.3 Å². The van der Waals surface area contributed by atoms with Crippen LogP contribution in [-0.2, 0) is 0 Å². The van der Waals surface area contributed by atoms with Gasteiger partial charge >= 0.3 is 0 Å². The minimum absolute atomic E-state index is 0.361. The first-order chi connectivity index (χ1) is 7.24. The van der Waals surface area contributed by atoms with E-state index in [0.29, 0.717) is 11.3 Å². The fraction of sp³-hybridized carbons (Fsp3) is 0.583. The third-order valence-corrected chi connectivity index (χ3v) is 3.17. The van der Waals surface area contributed by atoms with Crippen molar-refractivity contribution in [2.24, 2.45) is 5.92 Å². The van der Waals surface area contributed by atoms with Gasteiger partial charge in [-0.05, 0) is 37.7 Å². The molecule has 0 aliphatic heterocycles. The Hall–Kier alpha value is -0.760. The Morgan fingerprint density at radius 2 is 2.07 bits per heavy atom. The highest BCUT2D eigenvalue weighted by atomic mass is 35.5. The van der Waals surface area contributed by atoms with Gasteiger partial charge in [-0.15, -0.1) is 0 Å². The number of pyridine rings is 1. The van der Waals surface area contributed by atoms with Gasteiger partial charge in [0.05, 0.1) is 6.10 Å². The van der Waals surface area contributed by atoms with Gasteiger partial charge in [0, 0.05) is 12.3 Å². The van der Waals surface area contributed by atoms with E-state index >= 15 is 0 Å². The van der Waals surface area contributed by atoms with Gasteiger partial charge in [-0.3, -0.25) is 0 Å². The first-order valence-electron chi connectivity index (χ1n) is 5.52. The molecule has 1 aliphatic rings. The molecule has 0 aromatic carbocycles. The molecule has 2 nitrogen and oxygen atoms in total. The fourth-order valence-corrected chi connectivity index (χ4v) is 2.16. The highest BCUT2D eigenvalue weighted by Gasteiger charge is 2.19. The molecule has 2 rings (SSSR count). The summed E-state index contributed by atoms with van der Waals surface area (Å²) < 4.78 is 5.86. The normalized spacial score (nSPS) is 26.3. The molecular weight excluding hydrogens is 210 g/mol. The standard InChI is InChI=1S/C12H16ClNO/c1-9-2-4-10(5-3-9)15-11-6-7-14-12(13)8-11/h6-10H,2-5H2,1H3. The van der Waals surface area contributed by atoms with Gasteiger partial charge in [0.1, 0.15) is 10.9 Å². The summed E-state index contributed by atoms with van der Waals surface area (Å²) >= 11 is 5.79. The van der Waals surface area contributed by atoms with Gasteiger partial charge < -0.3 is 4.74 Å². The number of hydrogen-bond acceptors (Lipinski definition) is 2. The monoisotopic (exact) mass is 225 g/mol. The van der Waals surface area contributed by atoms with Gasteiger partial charge in [-0.25, -0.2) is 4.98 Å². The molecule has 1 fully saturated rings. The fourth-order valence-electron chi connectivity index (χ4n) is 2.00. The van der Waals surface area contributed by atoms with E-state index in [-0.39, 0.29) is 0 Å². The average molecular weight is 226 g/mol. The lowest BCUT2D eigenvalue weighted by atomic mass is 9.89. The Morgan fingerprint density at radius 3 is 2.73 bits per heavy atom. The van der Waals surface area contributed by atoms with Crippen LogP contribution in [0.2, 0.25) is 5.15 Å². The van der Waals surface area contributed by atoms with Crippen molar-refractivity contribution in [3.05, 3.63) is 23.5 Å². The lowest BCUT2D eigenvalue weighted by Gasteiger charge is -2.26. The van der Waals surface area contributed by atoms with E-state index in [1.165, 1.54) is 12.8 Å². The molecule has 1 heterocycles. The van der Waals surface area contributed by atoms with E-state index in [1.807, 2.05) is 6.07 Å². The topological polar surface area (TPSA) is 22.1 Å². The minimum atomic E-state index is 0.361. The molecule has 0 bridgehead atoms. The van der Waals surface area contributed by atoms with Gasteiger partial charge in [-0.2, -0.15) is 0 Å². The molecule has 15 heavy (non-hydrogen) atoms. The van der Waals surface area contributed by atoms with E-state index in [0.717, 1.165) is 24.5 Å². The van der Waals surface area contributed by atoms with Crippen LogP contribution < -0.4 is 4.74 Å². The Morgan fingerprint density at radius 1 is 1.33 bits per heavy atom. The van der Waals surface area contributed by atoms with E-state index in [2.05, 4.69) is 11.9 Å². The second kappa shape index (κ2) is 4.84. The molecule has 0 unspecified atom stereocenters. The van der Waals surface area contributed by atoms with Gasteiger partial charge in [0.15, 0.2) is 0 Å². The Kier molecular flexibility index (Phi) is 3.47. The number of nitrogens with zero attached hydrogens (tertiary/aromatic N) is 1. The van der Waals surface area contributed by atoms with Crippen LogP contribution in [0.25, 0.3) is 0 Å². The zero-order chi connectivity index (χ0) is 10.7. The summed E-state index contributed by atoms with van der Waals surface area (Å²) in [5, 5.41) is 0.497. The number of aromatic nitrogens is 1. The van der Waals surface area contributed by atoms with Crippen LogP contribution >= 0.6 is 11.6 Å². The summed E-state index contributed by atoms with van der Waals surface area (Å²) in [6, 6.07) is 3.64. The zero-order valence-corrected chi connectivity index (χ0v) is 9.70. The third-order valence-electron chi connectivity index (χ3n) is 2.96. The van der Waals surface area contributed by atoms with Crippen LogP contribution in [0.5, 0.6) is 5.75 Å². The average Bonchev–Trinajstić information content (AvgIpc) is 2.22. The molecule has 1 saturated carbocycles. The van der Waals surface area contributed by atoms with Gasteiger partial charge in [0.2, 0.25) is 0 Å². The summed E-state index contributed by atoms with van der Waals surface area (Å²) in [5.41, 5.74) is 0. The van der Waals surface area contributed by atoms with Crippen molar-refractivity contribution in [2.45, 2.75) is 38.7 Å². The molecule has 0 saturated heterocycles. The van der Waals surface area contributed by atoms with Crippen molar-refractivity contribution in [3.63, 3.8) is 0 Å². The third kappa shape index (κ3) is 3.10. The number of rotatable bonds is 2. The van der Waals surface area contributed by atoms with E-state index < -0.39 is 0 Å². The molecule has 3 heteroatoms. The number of halogens is 1. The van der Waals surface area contributed by atoms with Crippen LogP contribution in [0.15, 0.2) is 18.3 Å².